The highest BCUT2D eigenvalue weighted by Gasteiger charge is 2.35. The van der Waals surface area contributed by atoms with Crippen molar-refractivity contribution < 1.29 is 8.42 Å². The van der Waals surface area contributed by atoms with Gasteiger partial charge in [-0.2, -0.15) is 4.31 Å². The Balaban J connectivity index is 2.33. The number of hydrogen-bond donors (Lipinski definition) is 1. The predicted octanol–water partition coefficient (Wildman–Crippen LogP) is 0.743. The third kappa shape index (κ3) is 3.06. The largest absolute Gasteiger partial charge is 0.326 e. The molecular formula is C12H18ClN3O3S. The van der Waals surface area contributed by atoms with Gasteiger partial charge in [0.25, 0.3) is 5.56 Å². The van der Waals surface area contributed by atoms with Gasteiger partial charge in [-0.05, 0) is 33.0 Å². The van der Waals surface area contributed by atoms with E-state index in [0.717, 1.165) is 12.8 Å². The first-order chi connectivity index (χ1) is 9.32. The fraction of sp³-hybridized carbons (Fsp3) is 0.583. The van der Waals surface area contributed by atoms with Gasteiger partial charge in [0.2, 0.25) is 10.0 Å². The minimum Gasteiger partial charge on any atom is -0.326 e. The van der Waals surface area contributed by atoms with Crippen LogP contribution in [0.1, 0.15) is 12.8 Å². The summed E-state index contributed by atoms with van der Waals surface area (Å²) in [5.74, 6) is 0. The third-order valence-electron chi connectivity index (χ3n) is 3.34. The molecule has 0 aromatic carbocycles. The van der Waals surface area contributed by atoms with Gasteiger partial charge in [0.05, 0.1) is 4.90 Å². The van der Waals surface area contributed by atoms with Gasteiger partial charge in [-0.25, -0.2) is 8.42 Å². The molecule has 1 N–H and O–H groups in total. The molecule has 1 unspecified atom stereocenters. The van der Waals surface area contributed by atoms with Crippen molar-refractivity contribution >= 4 is 21.6 Å². The van der Waals surface area contributed by atoms with Crippen LogP contribution in [0.2, 0.25) is 5.02 Å². The maximum absolute atomic E-state index is 12.6. The fourth-order valence-electron chi connectivity index (χ4n) is 2.45. The number of likely N-dealkylation sites (N-methyl/N-ethyl adjacent to an activating group) is 1. The molecule has 0 radical (unpaired) electrons. The first-order valence-electron chi connectivity index (χ1n) is 6.37. The van der Waals surface area contributed by atoms with Crippen LogP contribution in [0, 0.1) is 0 Å². The van der Waals surface area contributed by atoms with E-state index in [-0.39, 0.29) is 16.0 Å². The van der Waals surface area contributed by atoms with Crippen molar-refractivity contribution in [2.75, 3.05) is 27.2 Å². The van der Waals surface area contributed by atoms with E-state index in [1.54, 1.807) is 0 Å². The number of aromatic amines is 1. The topological polar surface area (TPSA) is 73.5 Å². The van der Waals surface area contributed by atoms with Gasteiger partial charge in [-0.15, -0.1) is 0 Å². The molecule has 1 aromatic heterocycles. The highest BCUT2D eigenvalue weighted by molar-refractivity contribution is 7.89. The van der Waals surface area contributed by atoms with E-state index < -0.39 is 15.6 Å². The normalized spacial score (nSPS) is 20.7. The van der Waals surface area contributed by atoms with Crippen molar-refractivity contribution in [3.05, 3.63) is 27.6 Å². The Hall–Kier alpha value is -0.890. The van der Waals surface area contributed by atoms with Gasteiger partial charge >= 0.3 is 0 Å². The number of sulfonamides is 1. The minimum atomic E-state index is -3.62. The number of nitrogens with one attached hydrogen (secondary N) is 1. The summed E-state index contributed by atoms with van der Waals surface area (Å²) < 4.78 is 26.7. The maximum atomic E-state index is 12.6. The maximum Gasteiger partial charge on any atom is 0.266 e. The van der Waals surface area contributed by atoms with Crippen LogP contribution >= 0.6 is 11.6 Å². The van der Waals surface area contributed by atoms with Crippen LogP contribution in [0.25, 0.3) is 0 Å². The fourth-order valence-corrected chi connectivity index (χ4v) is 4.37. The van der Waals surface area contributed by atoms with Crippen molar-refractivity contribution in [2.45, 2.75) is 23.8 Å². The lowest BCUT2D eigenvalue weighted by molar-refractivity contribution is 0.291. The predicted molar refractivity (Wildman–Crippen MR) is 77.5 cm³/mol. The van der Waals surface area contributed by atoms with Crippen LogP contribution in [0.3, 0.4) is 0 Å². The van der Waals surface area contributed by atoms with E-state index >= 15 is 0 Å². The second-order valence-electron chi connectivity index (χ2n) is 5.19. The summed E-state index contributed by atoms with van der Waals surface area (Å²) in [6.07, 6.45) is 2.89. The van der Waals surface area contributed by atoms with E-state index in [1.165, 1.54) is 16.6 Å². The van der Waals surface area contributed by atoms with Gasteiger partial charge in [0, 0.05) is 25.3 Å². The molecule has 0 amide bonds. The van der Waals surface area contributed by atoms with E-state index in [1.807, 2.05) is 19.0 Å². The van der Waals surface area contributed by atoms with Gasteiger partial charge < -0.3 is 9.88 Å². The number of pyridine rings is 1. The van der Waals surface area contributed by atoms with Gasteiger partial charge in [-0.1, -0.05) is 11.6 Å². The molecule has 1 aliphatic rings. The smallest absolute Gasteiger partial charge is 0.266 e. The van der Waals surface area contributed by atoms with E-state index in [0.29, 0.717) is 13.1 Å². The summed E-state index contributed by atoms with van der Waals surface area (Å²) in [6.45, 7) is 1.17. The van der Waals surface area contributed by atoms with Crippen molar-refractivity contribution in [2.24, 2.45) is 0 Å². The molecule has 1 aromatic rings. The van der Waals surface area contributed by atoms with Gasteiger partial charge in [-0.3, -0.25) is 4.79 Å². The lowest BCUT2D eigenvalue weighted by atomic mass is 10.2. The molecule has 0 bridgehead atoms. The highest BCUT2D eigenvalue weighted by Crippen LogP contribution is 2.26. The Kier molecular flexibility index (Phi) is 4.53. The second-order valence-corrected chi connectivity index (χ2v) is 7.48. The third-order valence-corrected chi connectivity index (χ3v) is 5.55. The molecule has 20 heavy (non-hydrogen) atoms. The standard InChI is InChI=1S/C12H18ClN3O3S/c1-15(2)8-9-4-3-5-16(9)20(18,19)10-6-11(13)12(17)14-7-10/h6-7,9H,3-5,8H2,1-2H3,(H,14,17). The quantitative estimate of drug-likeness (QED) is 0.888. The average molecular weight is 320 g/mol. The van der Waals surface area contributed by atoms with Crippen molar-refractivity contribution in [1.29, 1.82) is 0 Å². The van der Waals surface area contributed by atoms with Crippen LogP contribution in [-0.2, 0) is 10.0 Å². The summed E-state index contributed by atoms with van der Waals surface area (Å²) in [5, 5.41) is -0.116. The number of halogens is 1. The summed E-state index contributed by atoms with van der Waals surface area (Å²) in [7, 11) is 0.213. The molecule has 112 valence electrons. The van der Waals surface area contributed by atoms with E-state index in [9.17, 15) is 13.2 Å². The second kappa shape index (κ2) is 5.85. The molecule has 2 rings (SSSR count). The Morgan fingerprint density at radius 2 is 2.20 bits per heavy atom. The molecule has 1 saturated heterocycles. The SMILES string of the molecule is CN(C)CC1CCCN1S(=O)(=O)c1c[nH]c(=O)c(Cl)c1. The lowest BCUT2D eigenvalue weighted by Gasteiger charge is -2.26. The van der Waals surface area contributed by atoms with Crippen molar-refractivity contribution in [1.82, 2.24) is 14.2 Å². The summed E-state index contributed by atoms with van der Waals surface area (Å²) >= 11 is 5.71. The zero-order valence-corrected chi connectivity index (χ0v) is 13.0. The molecule has 0 saturated carbocycles. The number of nitrogens with zero attached hydrogens (tertiary/aromatic N) is 2. The van der Waals surface area contributed by atoms with E-state index in [2.05, 4.69) is 4.98 Å². The first-order valence-corrected chi connectivity index (χ1v) is 8.19. The average Bonchev–Trinajstić information content (AvgIpc) is 2.80. The molecule has 0 spiro atoms. The Morgan fingerprint density at radius 1 is 1.50 bits per heavy atom. The lowest BCUT2D eigenvalue weighted by Crippen LogP contribution is -2.41. The molecule has 1 fully saturated rings. The summed E-state index contributed by atoms with van der Waals surface area (Å²) in [4.78, 5) is 15.6. The van der Waals surface area contributed by atoms with Crippen LogP contribution in [0.15, 0.2) is 22.0 Å². The van der Waals surface area contributed by atoms with Gasteiger partial charge in [0.1, 0.15) is 5.02 Å². The van der Waals surface area contributed by atoms with Crippen LogP contribution in [-0.4, -0.2) is 55.8 Å². The molecule has 2 heterocycles. The van der Waals surface area contributed by atoms with Crippen LogP contribution < -0.4 is 5.56 Å². The number of rotatable bonds is 4. The molecule has 1 aliphatic heterocycles. The number of hydrogen-bond acceptors (Lipinski definition) is 4. The van der Waals surface area contributed by atoms with Gasteiger partial charge in [0.15, 0.2) is 0 Å². The van der Waals surface area contributed by atoms with E-state index in [4.69, 9.17) is 11.6 Å². The van der Waals surface area contributed by atoms with Crippen molar-refractivity contribution in [3.8, 4) is 0 Å². The molecule has 0 aliphatic carbocycles. The molecule has 8 heteroatoms. The molecular weight excluding hydrogens is 302 g/mol. The Labute approximate surface area is 123 Å². The number of H-pyrrole nitrogens is 1. The summed E-state index contributed by atoms with van der Waals surface area (Å²) in [5.41, 5.74) is -0.489. The summed E-state index contributed by atoms with van der Waals surface area (Å²) in [6, 6.07) is 1.17. The number of aromatic nitrogens is 1. The zero-order chi connectivity index (χ0) is 14.9. The monoisotopic (exact) mass is 319 g/mol. The highest BCUT2D eigenvalue weighted by atomic mass is 35.5. The molecule has 6 nitrogen and oxygen atoms in total. The van der Waals surface area contributed by atoms with Crippen molar-refractivity contribution in [3.63, 3.8) is 0 Å². The Bertz CT molecular complexity index is 642. The van der Waals surface area contributed by atoms with Crippen LogP contribution in [0.4, 0.5) is 0 Å². The molecule has 1 atom stereocenters. The zero-order valence-electron chi connectivity index (χ0n) is 11.5. The van der Waals surface area contributed by atoms with Crippen LogP contribution in [0.5, 0.6) is 0 Å². The first kappa shape index (κ1) is 15.5. The minimum absolute atomic E-state index is 0.0350. The Morgan fingerprint density at radius 3 is 2.80 bits per heavy atom.